The number of nitrogens with one attached hydrogen (secondary N) is 4. The van der Waals surface area contributed by atoms with Crippen molar-refractivity contribution in [1.82, 2.24) is 10.6 Å². The molecule has 0 aromatic rings. The van der Waals surface area contributed by atoms with Gasteiger partial charge < -0.3 is 27.8 Å². The largest absolute Gasteiger partial charge is 0.370 e. The normalized spacial score (nSPS) is 14.3. The van der Waals surface area contributed by atoms with Gasteiger partial charge in [0.15, 0.2) is 11.9 Å². The van der Waals surface area contributed by atoms with Crippen molar-refractivity contribution < 1.29 is 0 Å². The molecule has 0 rings (SSSR count). The van der Waals surface area contributed by atoms with Gasteiger partial charge in [-0.3, -0.25) is 10.8 Å². The average molecular weight is 187 g/mol. The highest BCUT2D eigenvalue weighted by Gasteiger charge is 2.10. The summed E-state index contributed by atoms with van der Waals surface area (Å²) in [5, 5.41) is 19.2. The van der Waals surface area contributed by atoms with Gasteiger partial charge in [-0.25, -0.2) is 0 Å². The van der Waals surface area contributed by atoms with Gasteiger partial charge in [-0.1, -0.05) is 0 Å². The Hall–Kier alpha value is -1.50. The van der Waals surface area contributed by atoms with Crippen LogP contribution in [-0.2, 0) is 0 Å². The Morgan fingerprint density at radius 2 is 1.62 bits per heavy atom. The minimum Gasteiger partial charge on any atom is -0.370 e. The van der Waals surface area contributed by atoms with Gasteiger partial charge in [0, 0.05) is 12.5 Å². The minimum atomic E-state index is -0.366. The second kappa shape index (κ2) is 5.20. The molecule has 0 aliphatic rings. The van der Waals surface area contributed by atoms with Gasteiger partial charge in [0.1, 0.15) is 6.17 Å². The fraction of sp³-hybridized carbons (Fsp3) is 0.667. The molecule has 0 fully saturated rings. The molecule has 0 aliphatic heterocycles. The molecule has 0 aromatic heterocycles. The van der Waals surface area contributed by atoms with Crippen LogP contribution >= 0.6 is 0 Å². The summed E-state index contributed by atoms with van der Waals surface area (Å²) in [5.41, 5.74) is 15.8. The van der Waals surface area contributed by atoms with Crippen molar-refractivity contribution in [2.75, 3.05) is 0 Å². The summed E-state index contributed by atoms with van der Waals surface area (Å²) in [5.74, 6) is -0.362. The van der Waals surface area contributed by atoms with E-state index < -0.39 is 0 Å². The van der Waals surface area contributed by atoms with Crippen molar-refractivity contribution in [3.63, 3.8) is 0 Å². The topological polar surface area (TPSA) is 150 Å². The third-order valence-corrected chi connectivity index (χ3v) is 1.27. The monoisotopic (exact) mass is 187 g/mol. The summed E-state index contributed by atoms with van der Waals surface area (Å²) < 4.78 is 0. The molecule has 0 aromatic carbocycles. The van der Waals surface area contributed by atoms with E-state index in [9.17, 15) is 0 Å². The van der Waals surface area contributed by atoms with Crippen LogP contribution in [0.1, 0.15) is 13.3 Å². The molecular weight excluding hydrogens is 170 g/mol. The maximum absolute atomic E-state index is 6.99. The van der Waals surface area contributed by atoms with Gasteiger partial charge in [0.2, 0.25) is 0 Å². The predicted octanol–water partition coefficient (Wildman–Crippen LogP) is -1.98. The molecule has 7 nitrogen and oxygen atoms in total. The molecule has 0 amide bonds. The first kappa shape index (κ1) is 11.5. The Morgan fingerprint density at radius 1 is 1.23 bits per heavy atom. The molecule has 0 saturated carbocycles. The van der Waals surface area contributed by atoms with E-state index >= 15 is 0 Å². The van der Waals surface area contributed by atoms with E-state index in [1.165, 1.54) is 0 Å². The molecule has 0 spiro atoms. The predicted molar refractivity (Wildman–Crippen MR) is 52.2 cm³/mol. The van der Waals surface area contributed by atoms with E-state index in [1.807, 2.05) is 6.92 Å². The highest BCUT2D eigenvalue weighted by molar-refractivity contribution is 5.77. The third-order valence-electron chi connectivity index (χ3n) is 1.27. The summed E-state index contributed by atoms with van der Waals surface area (Å²) >= 11 is 0. The standard InChI is InChI=1S/C6H17N7/c1-3(7)2-4(12-5(8)9)13-6(10)11/h3-4H,2,7H2,1H3,(H4,8,9,12)(H4,10,11,13). The minimum absolute atomic E-state index is 0.0660. The Labute approximate surface area is 77.1 Å². The number of rotatable bonds is 4. The quantitative estimate of drug-likeness (QED) is 0.154. The summed E-state index contributed by atoms with van der Waals surface area (Å²) in [4.78, 5) is 0. The lowest BCUT2D eigenvalue weighted by Gasteiger charge is -2.21. The van der Waals surface area contributed by atoms with E-state index in [-0.39, 0.29) is 24.1 Å². The average Bonchev–Trinajstić information content (AvgIpc) is 1.80. The molecule has 0 aliphatic carbocycles. The Morgan fingerprint density at radius 3 is 1.85 bits per heavy atom. The van der Waals surface area contributed by atoms with Crippen LogP contribution in [0.2, 0.25) is 0 Å². The van der Waals surface area contributed by atoms with Gasteiger partial charge in [0.05, 0.1) is 0 Å². The molecule has 76 valence electrons. The van der Waals surface area contributed by atoms with Gasteiger partial charge in [0.25, 0.3) is 0 Å². The highest BCUT2D eigenvalue weighted by Crippen LogP contribution is 1.91. The SMILES string of the molecule is CC(N)CC(NC(=N)N)NC(=N)N. The van der Waals surface area contributed by atoms with Crippen LogP contribution < -0.4 is 27.8 Å². The fourth-order valence-corrected chi connectivity index (χ4v) is 0.901. The van der Waals surface area contributed by atoms with E-state index in [4.69, 9.17) is 28.0 Å². The smallest absolute Gasteiger partial charge is 0.187 e. The third kappa shape index (κ3) is 6.88. The lowest BCUT2D eigenvalue weighted by molar-refractivity contribution is 0.480. The van der Waals surface area contributed by atoms with Gasteiger partial charge in [-0.05, 0) is 6.92 Å². The molecule has 7 heteroatoms. The first-order valence-electron chi connectivity index (χ1n) is 3.88. The van der Waals surface area contributed by atoms with Crippen LogP contribution in [0.3, 0.4) is 0 Å². The van der Waals surface area contributed by atoms with Crippen molar-refractivity contribution in [2.45, 2.75) is 25.6 Å². The van der Waals surface area contributed by atoms with Crippen LogP contribution in [0.15, 0.2) is 0 Å². The van der Waals surface area contributed by atoms with E-state index in [2.05, 4.69) is 10.6 Å². The summed E-state index contributed by atoms with van der Waals surface area (Å²) in [6, 6.07) is -0.0660. The zero-order chi connectivity index (χ0) is 10.4. The number of nitrogens with two attached hydrogens (primary N) is 3. The van der Waals surface area contributed by atoms with E-state index in [0.29, 0.717) is 6.42 Å². The van der Waals surface area contributed by atoms with Crippen LogP contribution in [0.5, 0.6) is 0 Å². The first-order valence-corrected chi connectivity index (χ1v) is 3.88. The van der Waals surface area contributed by atoms with Crippen LogP contribution in [0, 0.1) is 10.8 Å². The fourth-order valence-electron chi connectivity index (χ4n) is 0.901. The maximum atomic E-state index is 6.99. The van der Waals surface area contributed by atoms with Gasteiger partial charge >= 0.3 is 0 Å². The van der Waals surface area contributed by atoms with Crippen molar-refractivity contribution in [3.8, 4) is 0 Å². The van der Waals surface area contributed by atoms with E-state index in [0.717, 1.165) is 0 Å². The molecule has 0 saturated heterocycles. The van der Waals surface area contributed by atoms with E-state index in [1.54, 1.807) is 0 Å². The summed E-state index contributed by atoms with van der Waals surface area (Å²) in [6.45, 7) is 1.82. The molecule has 0 heterocycles. The molecule has 13 heavy (non-hydrogen) atoms. The van der Waals surface area contributed by atoms with Crippen LogP contribution in [-0.4, -0.2) is 24.1 Å². The Bertz CT molecular complexity index is 171. The molecule has 1 atom stereocenters. The van der Waals surface area contributed by atoms with Crippen molar-refractivity contribution in [2.24, 2.45) is 17.2 Å². The molecule has 0 bridgehead atoms. The lowest BCUT2D eigenvalue weighted by atomic mass is 10.2. The number of guanidine groups is 2. The van der Waals surface area contributed by atoms with Gasteiger partial charge in [-0.15, -0.1) is 0 Å². The zero-order valence-electron chi connectivity index (χ0n) is 7.59. The van der Waals surface area contributed by atoms with Crippen molar-refractivity contribution in [3.05, 3.63) is 0 Å². The molecular formula is C6H17N7. The maximum Gasteiger partial charge on any atom is 0.187 e. The molecule has 0 radical (unpaired) electrons. The second-order valence-electron chi connectivity index (χ2n) is 2.88. The van der Waals surface area contributed by atoms with Crippen molar-refractivity contribution >= 4 is 11.9 Å². The van der Waals surface area contributed by atoms with Crippen LogP contribution in [0.4, 0.5) is 0 Å². The van der Waals surface area contributed by atoms with Crippen molar-refractivity contribution in [1.29, 1.82) is 10.8 Å². The summed E-state index contributed by atoms with van der Waals surface area (Å²) in [7, 11) is 0. The molecule has 10 N–H and O–H groups in total. The Kier molecular flexibility index (Phi) is 4.60. The first-order chi connectivity index (χ1) is 5.91. The lowest BCUT2D eigenvalue weighted by Crippen LogP contribution is -2.53. The summed E-state index contributed by atoms with van der Waals surface area (Å²) in [6.07, 6.45) is 0.161. The number of hydrogen-bond donors (Lipinski definition) is 7. The van der Waals surface area contributed by atoms with Crippen LogP contribution in [0.25, 0.3) is 0 Å². The van der Waals surface area contributed by atoms with Gasteiger partial charge in [-0.2, -0.15) is 0 Å². The Balaban J connectivity index is 4.02. The zero-order valence-corrected chi connectivity index (χ0v) is 7.59. The number of hydrogen-bond acceptors (Lipinski definition) is 3. The molecule has 1 unspecified atom stereocenters. The second-order valence-corrected chi connectivity index (χ2v) is 2.88. The highest BCUT2D eigenvalue weighted by atomic mass is 15.2.